The minimum atomic E-state index is -0.698. The van der Waals surface area contributed by atoms with Crippen LogP contribution in [0.3, 0.4) is 0 Å². The van der Waals surface area contributed by atoms with Crippen LogP contribution in [0.25, 0.3) is 0 Å². The zero-order chi connectivity index (χ0) is 21.1. The Bertz CT molecular complexity index is 1110. The molecule has 1 aliphatic heterocycles. The fraction of sp³-hybridized carbons (Fsp3) is 0.182. The summed E-state index contributed by atoms with van der Waals surface area (Å²) in [5.41, 5.74) is 1.89. The van der Waals surface area contributed by atoms with E-state index in [2.05, 4.69) is 9.98 Å². The van der Waals surface area contributed by atoms with Crippen molar-refractivity contribution in [2.45, 2.75) is 6.54 Å². The summed E-state index contributed by atoms with van der Waals surface area (Å²) in [4.78, 5) is 34.7. The fourth-order valence-electron chi connectivity index (χ4n) is 3.17. The molecule has 0 spiro atoms. The Morgan fingerprint density at radius 1 is 1.30 bits per heavy atom. The first-order valence-corrected chi connectivity index (χ1v) is 9.73. The van der Waals surface area contributed by atoms with Gasteiger partial charge in [0, 0.05) is 31.0 Å². The molecule has 2 amide bonds. The molecule has 1 aromatic heterocycles. The van der Waals surface area contributed by atoms with E-state index in [9.17, 15) is 9.59 Å². The van der Waals surface area contributed by atoms with Gasteiger partial charge in [-0.3, -0.25) is 9.59 Å². The van der Waals surface area contributed by atoms with Crippen molar-refractivity contribution in [3.63, 3.8) is 0 Å². The third-order valence-corrected chi connectivity index (χ3v) is 5.02. The highest BCUT2D eigenvalue weighted by atomic mass is 35.5. The van der Waals surface area contributed by atoms with Crippen molar-refractivity contribution >= 4 is 35.3 Å². The molecule has 0 aliphatic carbocycles. The lowest BCUT2D eigenvalue weighted by molar-refractivity contribution is -0.120. The van der Waals surface area contributed by atoms with Gasteiger partial charge in [-0.1, -0.05) is 41.9 Å². The quantitative estimate of drug-likeness (QED) is 0.603. The van der Waals surface area contributed by atoms with E-state index in [0.29, 0.717) is 23.0 Å². The Labute approximate surface area is 178 Å². The molecule has 7 nitrogen and oxygen atoms in total. The van der Waals surface area contributed by atoms with Crippen molar-refractivity contribution in [1.82, 2.24) is 9.55 Å². The molecule has 0 N–H and O–H groups in total. The van der Waals surface area contributed by atoms with Gasteiger partial charge < -0.3 is 14.2 Å². The first kappa shape index (κ1) is 19.8. The number of hydrogen-bond donors (Lipinski definition) is 0. The zero-order valence-electron chi connectivity index (χ0n) is 16.2. The largest absolute Gasteiger partial charge is 0.490 e. The second kappa shape index (κ2) is 8.51. The van der Waals surface area contributed by atoms with Crippen LogP contribution in [0.5, 0.6) is 5.75 Å². The molecule has 152 valence electrons. The van der Waals surface area contributed by atoms with Crippen LogP contribution in [0.15, 0.2) is 66.0 Å². The molecule has 3 aromatic rings. The van der Waals surface area contributed by atoms with Crippen LogP contribution in [0.1, 0.15) is 16.1 Å². The van der Waals surface area contributed by atoms with E-state index in [1.807, 2.05) is 34.9 Å². The second-order valence-electron chi connectivity index (χ2n) is 6.93. The van der Waals surface area contributed by atoms with Crippen LogP contribution in [0, 0.1) is 5.92 Å². The number of imidazole rings is 1. The molecular formula is C22H19ClN4O3. The highest BCUT2D eigenvalue weighted by Gasteiger charge is 2.28. The summed E-state index contributed by atoms with van der Waals surface area (Å²) in [5.74, 6) is -0.891. The number of aliphatic imine (C=N–C) groups is 1. The average molecular weight is 423 g/mol. The minimum absolute atomic E-state index is 0.0804. The average Bonchev–Trinajstić information content (AvgIpc) is 3.18. The lowest BCUT2D eigenvalue weighted by Gasteiger charge is -2.17. The van der Waals surface area contributed by atoms with Gasteiger partial charge in [-0.2, -0.15) is 0 Å². The van der Waals surface area contributed by atoms with Crippen molar-refractivity contribution in [2.75, 3.05) is 18.6 Å². The van der Waals surface area contributed by atoms with Crippen LogP contribution in [-0.4, -0.2) is 41.2 Å². The van der Waals surface area contributed by atoms with Crippen LogP contribution in [-0.2, 0) is 11.3 Å². The predicted molar refractivity (Wildman–Crippen MR) is 114 cm³/mol. The number of carbonyl (C=O) groups is 2. The molecule has 1 aliphatic rings. The van der Waals surface area contributed by atoms with Gasteiger partial charge >= 0.3 is 0 Å². The summed E-state index contributed by atoms with van der Waals surface area (Å²) in [6.45, 7) is 0.683. The maximum Gasteiger partial charge on any atom is 0.296 e. The van der Waals surface area contributed by atoms with Crippen molar-refractivity contribution < 1.29 is 14.3 Å². The van der Waals surface area contributed by atoms with E-state index in [1.54, 1.807) is 37.8 Å². The lowest BCUT2D eigenvalue weighted by atomic mass is 10.1. The molecule has 2 heterocycles. The number of anilines is 1. The number of hydrogen-bond acceptors (Lipinski definition) is 4. The molecule has 1 unspecified atom stereocenters. The number of carbonyl (C=O) groups excluding carboxylic acids is 2. The van der Waals surface area contributed by atoms with Crippen molar-refractivity contribution in [2.24, 2.45) is 10.9 Å². The summed E-state index contributed by atoms with van der Waals surface area (Å²) in [5, 5.41) is 0.505. The topological polar surface area (TPSA) is 76.8 Å². The molecule has 4 rings (SSSR count). The predicted octanol–water partition coefficient (Wildman–Crippen LogP) is 3.47. The van der Waals surface area contributed by atoms with Crippen molar-refractivity contribution in [3.8, 4) is 5.75 Å². The summed E-state index contributed by atoms with van der Waals surface area (Å²) in [6, 6.07) is 14.9. The SMILES string of the molecule is CN1C(=O)C(/C=N\C(=O)c2cn(Cc3ccccc3)cn2)COc2ccc(Cl)cc21. The lowest BCUT2D eigenvalue weighted by Crippen LogP contribution is -2.34. The van der Waals surface area contributed by atoms with Gasteiger partial charge in [0.25, 0.3) is 5.91 Å². The van der Waals surface area contributed by atoms with Crippen LogP contribution in [0.4, 0.5) is 5.69 Å². The summed E-state index contributed by atoms with van der Waals surface area (Å²) in [7, 11) is 1.64. The molecule has 0 bridgehead atoms. The monoisotopic (exact) mass is 422 g/mol. The summed E-state index contributed by atoms with van der Waals surface area (Å²) in [6.07, 6.45) is 4.55. The Morgan fingerprint density at radius 2 is 2.10 bits per heavy atom. The van der Waals surface area contributed by atoms with E-state index in [4.69, 9.17) is 16.3 Å². The molecule has 0 radical (unpaired) electrons. The highest BCUT2D eigenvalue weighted by Crippen LogP contribution is 2.33. The summed E-state index contributed by atoms with van der Waals surface area (Å²) < 4.78 is 7.53. The minimum Gasteiger partial charge on any atom is -0.490 e. The van der Waals surface area contributed by atoms with Gasteiger partial charge in [0.05, 0.1) is 12.0 Å². The van der Waals surface area contributed by atoms with Gasteiger partial charge in [-0.05, 0) is 23.8 Å². The van der Waals surface area contributed by atoms with Crippen molar-refractivity contribution in [3.05, 3.63) is 77.3 Å². The number of aromatic nitrogens is 2. The fourth-order valence-corrected chi connectivity index (χ4v) is 3.34. The first-order chi connectivity index (χ1) is 14.5. The third-order valence-electron chi connectivity index (χ3n) is 4.78. The Balaban J connectivity index is 1.45. The van der Waals surface area contributed by atoms with Crippen LogP contribution >= 0.6 is 11.6 Å². The number of fused-ring (bicyclic) bond motifs is 1. The van der Waals surface area contributed by atoms with E-state index in [1.165, 1.54) is 11.1 Å². The van der Waals surface area contributed by atoms with Gasteiger partial charge in [0.2, 0.25) is 5.91 Å². The van der Waals surface area contributed by atoms with E-state index >= 15 is 0 Å². The number of amides is 2. The Morgan fingerprint density at radius 3 is 2.90 bits per heavy atom. The van der Waals surface area contributed by atoms with Gasteiger partial charge in [0.1, 0.15) is 24.0 Å². The number of halogens is 1. The maximum atomic E-state index is 12.8. The highest BCUT2D eigenvalue weighted by molar-refractivity contribution is 6.31. The molecule has 0 fully saturated rings. The zero-order valence-corrected chi connectivity index (χ0v) is 17.0. The van der Waals surface area contributed by atoms with Crippen LogP contribution in [0.2, 0.25) is 5.02 Å². The number of ether oxygens (including phenoxy) is 1. The van der Waals surface area contributed by atoms with E-state index in [0.717, 1.165) is 5.56 Å². The smallest absolute Gasteiger partial charge is 0.296 e. The maximum absolute atomic E-state index is 12.8. The molecule has 1 atom stereocenters. The van der Waals surface area contributed by atoms with Crippen molar-refractivity contribution in [1.29, 1.82) is 0 Å². The molecular weight excluding hydrogens is 404 g/mol. The molecule has 2 aromatic carbocycles. The third kappa shape index (κ3) is 4.26. The molecule has 8 heteroatoms. The molecule has 0 saturated carbocycles. The van der Waals surface area contributed by atoms with Gasteiger partial charge in [-0.15, -0.1) is 0 Å². The number of nitrogens with zero attached hydrogens (tertiary/aromatic N) is 4. The normalized spacial score (nSPS) is 16.3. The Hall–Kier alpha value is -3.45. The molecule has 0 saturated heterocycles. The van der Waals surface area contributed by atoms with Gasteiger partial charge in [0.15, 0.2) is 0 Å². The van der Waals surface area contributed by atoms with Gasteiger partial charge in [-0.25, -0.2) is 9.98 Å². The first-order valence-electron chi connectivity index (χ1n) is 9.35. The Kier molecular flexibility index (Phi) is 5.63. The molecule has 30 heavy (non-hydrogen) atoms. The van der Waals surface area contributed by atoms with E-state index < -0.39 is 11.8 Å². The number of benzene rings is 2. The number of rotatable bonds is 4. The second-order valence-corrected chi connectivity index (χ2v) is 7.36. The van der Waals surface area contributed by atoms with E-state index in [-0.39, 0.29) is 18.2 Å². The standard InChI is InChI=1S/C22H19ClN4O3/c1-26-19-9-17(23)7-8-20(19)30-13-16(22(26)29)10-24-21(28)18-12-27(14-25-18)11-15-5-3-2-4-6-15/h2-10,12,14,16H,11,13H2,1H3/b24-10-. The summed E-state index contributed by atoms with van der Waals surface area (Å²) >= 11 is 6.03. The van der Waals surface area contributed by atoms with Crippen LogP contribution < -0.4 is 9.64 Å².